The molecule has 4 aromatic rings. The number of hydrogen-bond acceptors (Lipinski definition) is 6. The maximum atomic E-state index is 11.8. The molecule has 0 spiro atoms. The van der Waals surface area contributed by atoms with Crippen molar-refractivity contribution in [3.63, 3.8) is 0 Å². The Kier molecular flexibility index (Phi) is 6.13. The molecule has 0 N–H and O–H groups in total. The average molecular weight is 442 g/mol. The molecule has 7 heteroatoms. The maximum Gasteiger partial charge on any atom is 0.337 e. The van der Waals surface area contributed by atoms with Gasteiger partial charge in [0, 0.05) is 54.2 Å². The molecule has 168 valence electrons. The smallest absolute Gasteiger partial charge is 0.337 e. The average Bonchev–Trinajstić information content (AvgIpc) is 3.23. The van der Waals surface area contributed by atoms with Gasteiger partial charge in [0.2, 0.25) is 0 Å². The Bertz CT molecular complexity index is 1230. The van der Waals surface area contributed by atoms with Gasteiger partial charge in [-0.2, -0.15) is 0 Å². The molecule has 0 atom stereocenters. The first-order chi connectivity index (χ1) is 16.2. The van der Waals surface area contributed by atoms with Gasteiger partial charge in [-0.25, -0.2) is 19.7 Å². The van der Waals surface area contributed by atoms with Gasteiger partial charge in [0.25, 0.3) is 0 Å². The Hall–Kier alpha value is -3.58. The summed E-state index contributed by atoms with van der Waals surface area (Å²) in [6, 6.07) is 14.1. The molecule has 0 unspecified atom stereocenters. The van der Waals surface area contributed by atoms with E-state index in [-0.39, 0.29) is 5.97 Å². The van der Waals surface area contributed by atoms with Gasteiger partial charge in [0.05, 0.1) is 12.7 Å². The SMILES string of the molecule is COC(=O)c1ccc(Cn2c(C3CCN(Cc4cncnc4)CC3)cc3cccnc32)cc1. The lowest BCUT2D eigenvalue weighted by Crippen LogP contribution is -2.33. The number of hydrogen-bond donors (Lipinski definition) is 0. The number of aromatic nitrogens is 4. The molecule has 0 aliphatic carbocycles. The van der Waals surface area contributed by atoms with E-state index in [2.05, 4.69) is 36.6 Å². The maximum absolute atomic E-state index is 11.8. The van der Waals surface area contributed by atoms with E-state index in [9.17, 15) is 4.79 Å². The molecule has 7 nitrogen and oxygen atoms in total. The van der Waals surface area contributed by atoms with Crippen LogP contribution in [0.25, 0.3) is 11.0 Å². The summed E-state index contributed by atoms with van der Waals surface area (Å²) in [5, 5.41) is 1.17. The summed E-state index contributed by atoms with van der Waals surface area (Å²) in [5.41, 5.74) is 5.20. The van der Waals surface area contributed by atoms with Crippen molar-refractivity contribution in [1.82, 2.24) is 24.4 Å². The number of likely N-dealkylation sites (tertiary alicyclic amines) is 1. The van der Waals surface area contributed by atoms with Gasteiger partial charge in [0.1, 0.15) is 12.0 Å². The van der Waals surface area contributed by atoms with Crippen molar-refractivity contribution < 1.29 is 9.53 Å². The highest BCUT2D eigenvalue weighted by atomic mass is 16.5. The largest absolute Gasteiger partial charge is 0.465 e. The molecule has 1 fully saturated rings. The van der Waals surface area contributed by atoms with Crippen molar-refractivity contribution in [3.05, 3.63) is 89.8 Å². The van der Waals surface area contributed by atoms with Crippen LogP contribution in [-0.4, -0.2) is 50.6 Å². The Morgan fingerprint density at radius 2 is 1.79 bits per heavy atom. The van der Waals surface area contributed by atoms with Crippen LogP contribution in [0, 0.1) is 0 Å². The predicted octanol–water partition coefficient (Wildman–Crippen LogP) is 4.04. The first kappa shape index (κ1) is 21.3. The molecular formula is C26H27N5O2. The summed E-state index contributed by atoms with van der Waals surface area (Å²) < 4.78 is 7.16. The number of piperidine rings is 1. The number of methoxy groups -OCH3 is 1. The number of carbonyl (C=O) groups excluding carboxylic acids is 1. The van der Waals surface area contributed by atoms with Crippen molar-refractivity contribution in [2.45, 2.75) is 31.8 Å². The van der Waals surface area contributed by atoms with E-state index < -0.39 is 0 Å². The second kappa shape index (κ2) is 9.50. The molecule has 0 amide bonds. The monoisotopic (exact) mass is 441 g/mol. The number of rotatable bonds is 6. The van der Waals surface area contributed by atoms with Gasteiger partial charge in [-0.05, 0) is 61.8 Å². The summed E-state index contributed by atoms with van der Waals surface area (Å²) in [6.45, 7) is 3.70. The normalized spacial score (nSPS) is 15.1. The zero-order chi connectivity index (χ0) is 22.6. The van der Waals surface area contributed by atoms with Crippen LogP contribution in [0.4, 0.5) is 0 Å². The number of pyridine rings is 1. The van der Waals surface area contributed by atoms with Crippen LogP contribution in [0.1, 0.15) is 45.9 Å². The number of esters is 1. The van der Waals surface area contributed by atoms with Gasteiger partial charge in [-0.3, -0.25) is 4.90 Å². The summed E-state index contributed by atoms with van der Waals surface area (Å²) >= 11 is 0. The summed E-state index contributed by atoms with van der Waals surface area (Å²) in [5.74, 6) is 0.168. The van der Waals surface area contributed by atoms with Crippen molar-refractivity contribution in [3.8, 4) is 0 Å². The Morgan fingerprint density at radius 1 is 1.03 bits per heavy atom. The Morgan fingerprint density at radius 3 is 2.52 bits per heavy atom. The number of benzene rings is 1. The minimum atomic E-state index is -0.316. The van der Waals surface area contributed by atoms with Crippen LogP contribution in [0.15, 0.2) is 67.4 Å². The minimum Gasteiger partial charge on any atom is -0.465 e. The summed E-state index contributed by atoms with van der Waals surface area (Å²) in [6.07, 6.45) is 9.43. The molecular weight excluding hydrogens is 414 g/mol. The van der Waals surface area contributed by atoms with Crippen LogP contribution < -0.4 is 0 Å². The van der Waals surface area contributed by atoms with Crippen LogP contribution in [0.5, 0.6) is 0 Å². The lowest BCUT2D eigenvalue weighted by molar-refractivity contribution is 0.0600. The molecule has 0 radical (unpaired) electrons. The molecule has 1 aromatic carbocycles. The van der Waals surface area contributed by atoms with E-state index in [1.807, 2.05) is 48.9 Å². The topological polar surface area (TPSA) is 73.1 Å². The minimum absolute atomic E-state index is 0.316. The Balaban J connectivity index is 1.35. The zero-order valence-electron chi connectivity index (χ0n) is 18.7. The highest BCUT2D eigenvalue weighted by molar-refractivity contribution is 5.89. The molecule has 4 heterocycles. The lowest BCUT2D eigenvalue weighted by Gasteiger charge is -2.32. The molecule has 0 saturated carbocycles. The van der Waals surface area contributed by atoms with Crippen LogP contribution in [0.2, 0.25) is 0 Å². The van der Waals surface area contributed by atoms with Gasteiger partial charge in [-0.15, -0.1) is 0 Å². The van der Waals surface area contributed by atoms with Crippen molar-refractivity contribution in [1.29, 1.82) is 0 Å². The van der Waals surface area contributed by atoms with Gasteiger partial charge < -0.3 is 9.30 Å². The molecule has 1 aliphatic rings. The number of fused-ring (bicyclic) bond motifs is 1. The fraction of sp³-hybridized carbons (Fsp3) is 0.308. The van der Waals surface area contributed by atoms with Crippen LogP contribution in [-0.2, 0) is 17.8 Å². The summed E-state index contributed by atoms with van der Waals surface area (Å²) in [4.78, 5) is 27.2. The van der Waals surface area contributed by atoms with E-state index in [4.69, 9.17) is 4.74 Å². The number of carbonyl (C=O) groups is 1. The second-order valence-electron chi connectivity index (χ2n) is 8.56. The first-order valence-corrected chi connectivity index (χ1v) is 11.3. The highest BCUT2D eigenvalue weighted by Crippen LogP contribution is 2.33. The molecule has 5 rings (SSSR count). The predicted molar refractivity (Wildman–Crippen MR) is 126 cm³/mol. The zero-order valence-corrected chi connectivity index (χ0v) is 18.7. The van der Waals surface area contributed by atoms with Gasteiger partial charge in [0.15, 0.2) is 0 Å². The molecule has 1 saturated heterocycles. The van der Waals surface area contributed by atoms with Crippen LogP contribution in [0.3, 0.4) is 0 Å². The second-order valence-corrected chi connectivity index (χ2v) is 8.56. The van der Waals surface area contributed by atoms with Gasteiger partial charge >= 0.3 is 5.97 Å². The van der Waals surface area contributed by atoms with E-state index in [0.717, 1.165) is 55.8 Å². The first-order valence-electron chi connectivity index (χ1n) is 11.3. The number of nitrogens with zero attached hydrogens (tertiary/aromatic N) is 5. The molecule has 1 aliphatic heterocycles. The molecule has 0 bridgehead atoms. The quantitative estimate of drug-likeness (QED) is 0.421. The standard InChI is InChI=1S/C26H27N5O2/c1-33-26(32)22-6-4-19(5-7-22)17-31-24(13-23-3-2-10-29-25(23)31)21-8-11-30(12-9-21)16-20-14-27-18-28-15-20/h2-7,10,13-15,18,21H,8-9,11-12,16-17H2,1H3. The van der Waals surface area contributed by atoms with E-state index >= 15 is 0 Å². The molecule has 33 heavy (non-hydrogen) atoms. The highest BCUT2D eigenvalue weighted by Gasteiger charge is 2.25. The number of ether oxygens (including phenoxy) is 1. The summed E-state index contributed by atoms with van der Waals surface area (Å²) in [7, 11) is 1.40. The Labute approximate surface area is 193 Å². The van der Waals surface area contributed by atoms with E-state index in [1.54, 1.807) is 6.33 Å². The van der Waals surface area contributed by atoms with E-state index in [0.29, 0.717) is 11.5 Å². The third-order valence-electron chi connectivity index (χ3n) is 6.43. The third kappa shape index (κ3) is 4.64. The fourth-order valence-corrected chi connectivity index (χ4v) is 4.71. The van der Waals surface area contributed by atoms with Crippen molar-refractivity contribution >= 4 is 17.0 Å². The third-order valence-corrected chi connectivity index (χ3v) is 6.43. The van der Waals surface area contributed by atoms with Crippen LogP contribution >= 0.6 is 0 Å². The van der Waals surface area contributed by atoms with Gasteiger partial charge in [-0.1, -0.05) is 12.1 Å². The van der Waals surface area contributed by atoms with Crippen molar-refractivity contribution in [2.75, 3.05) is 20.2 Å². The lowest BCUT2D eigenvalue weighted by atomic mass is 9.93. The molecule has 3 aromatic heterocycles. The fourth-order valence-electron chi connectivity index (χ4n) is 4.71. The van der Waals surface area contributed by atoms with Crippen molar-refractivity contribution in [2.24, 2.45) is 0 Å². The van der Waals surface area contributed by atoms with E-state index in [1.165, 1.54) is 18.2 Å².